The SMILES string of the molecule is CC(O)c1ccc(CCCCO)o1. The van der Waals surface area contributed by atoms with Gasteiger partial charge < -0.3 is 14.6 Å². The van der Waals surface area contributed by atoms with Gasteiger partial charge in [0.25, 0.3) is 0 Å². The highest BCUT2D eigenvalue weighted by molar-refractivity contribution is 5.08. The summed E-state index contributed by atoms with van der Waals surface area (Å²) in [6.07, 6.45) is 2.01. The summed E-state index contributed by atoms with van der Waals surface area (Å²) in [5.74, 6) is 1.49. The van der Waals surface area contributed by atoms with Crippen molar-refractivity contribution in [1.29, 1.82) is 0 Å². The average Bonchev–Trinajstić information content (AvgIpc) is 2.53. The number of unbranched alkanes of at least 4 members (excludes halogenated alkanes) is 1. The minimum absolute atomic E-state index is 0.226. The van der Waals surface area contributed by atoms with E-state index >= 15 is 0 Å². The number of aryl methyl sites for hydroxylation is 1. The third-order valence-corrected chi connectivity index (χ3v) is 1.93. The molecule has 1 heterocycles. The minimum Gasteiger partial charge on any atom is -0.463 e. The van der Waals surface area contributed by atoms with E-state index in [0.29, 0.717) is 5.76 Å². The van der Waals surface area contributed by atoms with Crippen LogP contribution < -0.4 is 0 Å². The molecule has 0 fully saturated rings. The van der Waals surface area contributed by atoms with Gasteiger partial charge in [0, 0.05) is 13.0 Å². The van der Waals surface area contributed by atoms with Crippen molar-refractivity contribution < 1.29 is 14.6 Å². The maximum absolute atomic E-state index is 9.17. The number of aliphatic hydroxyl groups is 2. The Morgan fingerprint density at radius 2 is 2.15 bits per heavy atom. The van der Waals surface area contributed by atoms with Crippen LogP contribution in [-0.2, 0) is 6.42 Å². The fourth-order valence-electron chi connectivity index (χ4n) is 1.16. The zero-order valence-corrected chi connectivity index (χ0v) is 7.86. The Hall–Kier alpha value is -0.800. The summed E-state index contributed by atoms with van der Waals surface area (Å²) >= 11 is 0. The molecule has 0 saturated carbocycles. The first-order valence-electron chi connectivity index (χ1n) is 4.61. The highest BCUT2D eigenvalue weighted by Crippen LogP contribution is 2.16. The van der Waals surface area contributed by atoms with Gasteiger partial charge in [0.1, 0.15) is 17.6 Å². The van der Waals surface area contributed by atoms with E-state index < -0.39 is 6.10 Å². The van der Waals surface area contributed by atoms with Gasteiger partial charge in [0.05, 0.1) is 0 Å². The molecule has 1 atom stereocenters. The lowest BCUT2D eigenvalue weighted by molar-refractivity contribution is 0.167. The van der Waals surface area contributed by atoms with Crippen molar-refractivity contribution in [2.75, 3.05) is 6.61 Å². The molecule has 0 aliphatic rings. The molecule has 13 heavy (non-hydrogen) atoms. The minimum atomic E-state index is -0.536. The molecule has 1 aromatic heterocycles. The quantitative estimate of drug-likeness (QED) is 0.684. The van der Waals surface area contributed by atoms with E-state index in [1.54, 1.807) is 13.0 Å². The van der Waals surface area contributed by atoms with E-state index in [9.17, 15) is 5.11 Å². The van der Waals surface area contributed by atoms with Gasteiger partial charge in [0.15, 0.2) is 0 Å². The molecule has 74 valence electrons. The molecule has 0 spiro atoms. The lowest BCUT2D eigenvalue weighted by Crippen LogP contribution is -1.88. The summed E-state index contributed by atoms with van der Waals surface area (Å²) in [5.41, 5.74) is 0. The highest BCUT2D eigenvalue weighted by Gasteiger charge is 2.06. The fraction of sp³-hybridized carbons (Fsp3) is 0.600. The Morgan fingerprint density at radius 1 is 1.38 bits per heavy atom. The van der Waals surface area contributed by atoms with Crippen molar-refractivity contribution in [1.82, 2.24) is 0 Å². The topological polar surface area (TPSA) is 53.6 Å². The van der Waals surface area contributed by atoms with Crippen LogP contribution in [0.1, 0.15) is 37.4 Å². The lowest BCUT2D eigenvalue weighted by Gasteiger charge is -1.98. The molecule has 0 saturated heterocycles. The van der Waals surface area contributed by atoms with Crippen molar-refractivity contribution >= 4 is 0 Å². The van der Waals surface area contributed by atoms with Crippen molar-refractivity contribution in [3.05, 3.63) is 23.7 Å². The molecule has 0 amide bonds. The van der Waals surface area contributed by atoms with E-state index in [-0.39, 0.29) is 6.61 Å². The van der Waals surface area contributed by atoms with Gasteiger partial charge in [-0.2, -0.15) is 0 Å². The fourth-order valence-corrected chi connectivity index (χ4v) is 1.16. The second-order valence-corrected chi connectivity index (χ2v) is 3.16. The molecule has 0 bridgehead atoms. The smallest absolute Gasteiger partial charge is 0.132 e. The van der Waals surface area contributed by atoms with Crippen LogP contribution in [0.4, 0.5) is 0 Å². The third-order valence-electron chi connectivity index (χ3n) is 1.93. The number of rotatable bonds is 5. The van der Waals surface area contributed by atoms with Gasteiger partial charge in [-0.15, -0.1) is 0 Å². The summed E-state index contributed by atoms with van der Waals surface area (Å²) in [6.45, 7) is 1.90. The van der Waals surface area contributed by atoms with Gasteiger partial charge in [-0.05, 0) is 31.9 Å². The molecule has 2 N–H and O–H groups in total. The Morgan fingerprint density at radius 3 is 2.69 bits per heavy atom. The standard InChI is InChI=1S/C10H16O3/c1-8(12)10-6-5-9(13-10)4-2-3-7-11/h5-6,8,11-12H,2-4,7H2,1H3. The molecule has 0 aliphatic carbocycles. The molecular weight excluding hydrogens is 168 g/mol. The first kappa shape index (κ1) is 10.3. The second kappa shape index (κ2) is 5.04. The summed E-state index contributed by atoms with van der Waals surface area (Å²) < 4.78 is 5.36. The van der Waals surface area contributed by atoms with Gasteiger partial charge in [0.2, 0.25) is 0 Å². The maximum Gasteiger partial charge on any atom is 0.132 e. The molecule has 0 aromatic carbocycles. The normalized spacial score (nSPS) is 13.2. The first-order chi connectivity index (χ1) is 6.24. The molecule has 0 radical (unpaired) electrons. The molecule has 0 aliphatic heterocycles. The van der Waals surface area contributed by atoms with Crippen LogP contribution in [-0.4, -0.2) is 16.8 Å². The Balaban J connectivity index is 2.40. The van der Waals surface area contributed by atoms with Crippen molar-refractivity contribution in [3.8, 4) is 0 Å². The summed E-state index contributed by atoms with van der Waals surface area (Å²) in [7, 11) is 0. The van der Waals surface area contributed by atoms with Crippen LogP contribution in [0.25, 0.3) is 0 Å². The summed E-state index contributed by atoms with van der Waals surface area (Å²) in [4.78, 5) is 0. The predicted octanol–water partition coefficient (Wildman–Crippen LogP) is 1.65. The summed E-state index contributed by atoms with van der Waals surface area (Å²) in [6, 6.07) is 3.67. The molecule has 1 aromatic rings. The number of furan rings is 1. The van der Waals surface area contributed by atoms with Gasteiger partial charge in [-0.3, -0.25) is 0 Å². The van der Waals surface area contributed by atoms with Crippen molar-refractivity contribution in [2.24, 2.45) is 0 Å². The van der Waals surface area contributed by atoms with Gasteiger partial charge in [-0.1, -0.05) is 0 Å². The van der Waals surface area contributed by atoms with Gasteiger partial charge in [-0.25, -0.2) is 0 Å². The highest BCUT2D eigenvalue weighted by atomic mass is 16.4. The molecule has 1 rings (SSSR count). The van der Waals surface area contributed by atoms with Crippen LogP contribution in [0.5, 0.6) is 0 Å². The van der Waals surface area contributed by atoms with Crippen LogP contribution in [0.3, 0.4) is 0 Å². The van der Waals surface area contributed by atoms with E-state index in [2.05, 4.69) is 0 Å². The van der Waals surface area contributed by atoms with Crippen LogP contribution in [0, 0.1) is 0 Å². The zero-order valence-electron chi connectivity index (χ0n) is 7.86. The first-order valence-corrected chi connectivity index (χ1v) is 4.61. The molecule has 3 heteroatoms. The van der Waals surface area contributed by atoms with E-state index in [1.165, 1.54) is 0 Å². The van der Waals surface area contributed by atoms with Crippen LogP contribution in [0.15, 0.2) is 16.5 Å². The van der Waals surface area contributed by atoms with Gasteiger partial charge >= 0.3 is 0 Å². The Bertz CT molecular complexity index is 240. The summed E-state index contributed by atoms with van der Waals surface area (Å²) in [5, 5.41) is 17.7. The third kappa shape index (κ3) is 3.20. The number of hydrogen-bond acceptors (Lipinski definition) is 3. The van der Waals surface area contributed by atoms with Crippen molar-refractivity contribution in [3.63, 3.8) is 0 Å². The Kier molecular flexibility index (Phi) is 3.99. The molecular formula is C10H16O3. The Labute approximate surface area is 78.0 Å². The number of hydrogen-bond donors (Lipinski definition) is 2. The average molecular weight is 184 g/mol. The monoisotopic (exact) mass is 184 g/mol. The predicted molar refractivity (Wildman–Crippen MR) is 49.4 cm³/mol. The maximum atomic E-state index is 9.17. The number of aliphatic hydroxyl groups excluding tert-OH is 2. The lowest BCUT2D eigenvalue weighted by atomic mass is 10.2. The second-order valence-electron chi connectivity index (χ2n) is 3.16. The van der Waals surface area contributed by atoms with E-state index in [0.717, 1.165) is 25.0 Å². The van der Waals surface area contributed by atoms with Crippen LogP contribution in [0.2, 0.25) is 0 Å². The molecule has 3 nitrogen and oxygen atoms in total. The van der Waals surface area contributed by atoms with Crippen LogP contribution >= 0.6 is 0 Å². The largest absolute Gasteiger partial charge is 0.463 e. The van der Waals surface area contributed by atoms with Crippen molar-refractivity contribution in [2.45, 2.75) is 32.3 Å². The van der Waals surface area contributed by atoms with E-state index in [1.807, 2.05) is 6.07 Å². The molecule has 1 unspecified atom stereocenters. The zero-order chi connectivity index (χ0) is 9.68. The van der Waals surface area contributed by atoms with E-state index in [4.69, 9.17) is 9.52 Å².